The Hall–Kier alpha value is -1.40. The number of carboxylic acid groups (broad SMARTS) is 1. The topological polar surface area (TPSA) is 83.5 Å². The van der Waals surface area contributed by atoms with E-state index in [1.54, 1.807) is 0 Å². The molecule has 2 N–H and O–H groups in total. The molecule has 0 aromatic heterocycles. The summed E-state index contributed by atoms with van der Waals surface area (Å²) in [7, 11) is -3.60. The van der Waals surface area contributed by atoms with Crippen LogP contribution in [0, 0.1) is 5.92 Å². The summed E-state index contributed by atoms with van der Waals surface area (Å²) in [5, 5.41) is 8.58. The molecule has 0 spiro atoms. The fraction of sp³-hybridized carbons (Fsp3) is 0.500. The lowest BCUT2D eigenvalue weighted by atomic mass is 9.98. The number of carbonyl (C=O) groups is 1. The van der Waals surface area contributed by atoms with Crippen LogP contribution in [0.25, 0.3) is 0 Å². The average molecular weight is 299 g/mol. The van der Waals surface area contributed by atoms with E-state index in [4.69, 9.17) is 5.11 Å². The molecule has 6 heteroatoms. The monoisotopic (exact) mass is 299 g/mol. The first-order valence-electron chi connectivity index (χ1n) is 6.57. The van der Waals surface area contributed by atoms with Crippen molar-refractivity contribution in [1.29, 1.82) is 0 Å². The molecule has 0 bridgehead atoms. The third kappa shape index (κ3) is 6.16. The molecular weight excluding hydrogens is 278 g/mol. The SMILES string of the molecule is CC(C)CC(NS(=O)(=O)CCC(=O)O)c1ccccc1. The van der Waals surface area contributed by atoms with Crippen molar-refractivity contribution in [2.45, 2.75) is 32.7 Å². The van der Waals surface area contributed by atoms with Crippen LogP contribution in [0.3, 0.4) is 0 Å². The average Bonchev–Trinajstić information content (AvgIpc) is 2.36. The lowest BCUT2D eigenvalue weighted by Gasteiger charge is -2.21. The number of hydrogen-bond acceptors (Lipinski definition) is 3. The molecule has 0 saturated carbocycles. The molecule has 1 atom stereocenters. The second-order valence-electron chi connectivity index (χ2n) is 5.17. The van der Waals surface area contributed by atoms with Gasteiger partial charge >= 0.3 is 5.97 Å². The van der Waals surface area contributed by atoms with Gasteiger partial charge in [-0.15, -0.1) is 0 Å². The highest BCUT2D eigenvalue weighted by molar-refractivity contribution is 7.89. The third-order valence-electron chi connectivity index (χ3n) is 2.82. The van der Waals surface area contributed by atoms with Crippen molar-refractivity contribution in [3.05, 3.63) is 35.9 Å². The Labute approximate surface area is 120 Å². The van der Waals surface area contributed by atoms with Gasteiger partial charge in [0.25, 0.3) is 0 Å². The molecule has 5 nitrogen and oxygen atoms in total. The second-order valence-corrected chi connectivity index (χ2v) is 7.05. The summed E-state index contributed by atoms with van der Waals surface area (Å²) in [6.45, 7) is 4.03. The summed E-state index contributed by atoms with van der Waals surface area (Å²) in [5.41, 5.74) is 0.889. The van der Waals surface area contributed by atoms with Gasteiger partial charge in [-0.25, -0.2) is 13.1 Å². The molecule has 0 heterocycles. The Morgan fingerprint density at radius 1 is 1.25 bits per heavy atom. The molecule has 0 aliphatic carbocycles. The lowest BCUT2D eigenvalue weighted by Crippen LogP contribution is -2.32. The molecule has 112 valence electrons. The first-order valence-corrected chi connectivity index (χ1v) is 8.22. The van der Waals surface area contributed by atoms with Crippen molar-refractivity contribution in [3.63, 3.8) is 0 Å². The minimum absolute atomic E-state index is 0.322. The fourth-order valence-corrected chi connectivity index (χ4v) is 3.13. The first-order chi connectivity index (χ1) is 9.30. The fourth-order valence-electron chi connectivity index (χ4n) is 1.91. The van der Waals surface area contributed by atoms with Gasteiger partial charge in [0, 0.05) is 6.04 Å². The van der Waals surface area contributed by atoms with Gasteiger partial charge in [0.2, 0.25) is 10.0 Å². The van der Waals surface area contributed by atoms with Gasteiger partial charge in [-0.3, -0.25) is 4.79 Å². The number of benzene rings is 1. The van der Waals surface area contributed by atoms with Gasteiger partial charge < -0.3 is 5.11 Å². The van der Waals surface area contributed by atoms with Gasteiger partial charge in [-0.1, -0.05) is 44.2 Å². The predicted molar refractivity (Wildman–Crippen MR) is 77.8 cm³/mol. The normalized spacial score (nSPS) is 13.3. The van der Waals surface area contributed by atoms with Crippen LogP contribution in [0.2, 0.25) is 0 Å². The smallest absolute Gasteiger partial charge is 0.304 e. The molecule has 0 fully saturated rings. The molecule has 20 heavy (non-hydrogen) atoms. The largest absolute Gasteiger partial charge is 0.481 e. The maximum Gasteiger partial charge on any atom is 0.304 e. The van der Waals surface area contributed by atoms with Crippen LogP contribution < -0.4 is 4.72 Å². The molecule has 0 amide bonds. The molecule has 0 aliphatic rings. The molecular formula is C14H21NO4S. The predicted octanol–water partition coefficient (Wildman–Crippen LogP) is 2.17. The van der Waals surface area contributed by atoms with Crippen molar-refractivity contribution in [2.75, 3.05) is 5.75 Å². The number of hydrogen-bond donors (Lipinski definition) is 2. The Bertz CT molecular complexity index is 525. The van der Waals surface area contributed by atoms with Crippen molar-refractivity contribution in [3.8, 4) is 0 Å². The molecule has 1 unspecified atom stereocenters. The highest BCUT2D eigenvalue weighted by Gasteiger charge is 2.21. The van der Waals surface area contributed by atoms with Crippen molar-refractivity contribution >= 4 is 16.0 Å². The maximum atomic E-state index is 11.9. The van der Waals surface area contributed by atoms with E-state index < -0.39 is 28.2 Å². The number of aliphatic carboxylic acids is 1. The van der Waals surface area contributed by atoms with Crippen LogP contribution in [-0.2, 0) is 14.8 Å². The first kappa shape index (κ1) is 16.7. The summed E-state index contributed by atoms with van der Waals surface area (Å²) < 4.78 is 26.5. The minimum atomic E-state index is -3.60. The molecule has 1 rings (SSSR count). The highest BCUT2D eigenvalue weighted by atomic mass is 32.2. The van der Waals surface area contributed by atoms with Crippen LogP contribution in [0.15, 0.2) is 30.3 Å². The van der Waals surface area contributed by atoms with Crippen LogP contribution in [0.1, 0.15) is 38.3 Å². The van der Waals surface area contributed by atoms with E-state index in [1.807, 2.05) is 44.2 Å². The van der Waals surface area contributed by atoms with E-state index in [1.165, 1.54) is 0 Å². The van der Waals surface area contributed by atoms with Crippen molar-refractivity contribution < 1.29 is 18.3 Å². The standard InChI is InChI=1S/C14H21NO4S/c1-11(2)10-13(12-6-4-3-5-7-12)15-20(18,19)9-8-14(16)17/h3-7,11,13,15H,8-10H2,1-2H3,(H,16,17). The second kappa shape index (κ2) is 7.40. The summed E-state index contributed by atoms with van der Waals surface area (Å²) in [4.78, 5) is 10.5. The van der Waals surface area contributed by atoms with Crippen LogP contribution in [-0.4, -0.2) is 25.2 Å². The van der Waals surface area contributed by atoms with E-state index in [2.05, 4.69) is 4.72 Å². The van der Waals surface area contributed by atoms with E-state index in [0.717, 1.165) is 5.56 Å². The summed E-state index contributed by atoms with van der Waals surface area (Å²) in [6, 6.07) is 8.99. The van der Waals surface area contributed by atoms with Gasteiger partial charge in [-0.05, 0) is 17.9 Å². The number of rotatable bonds is 8. The van der Waals surface area contributed by atoms with E-state index in [9.17, 15) is 13.2 Å². The minimum Gasteiger partial charge on any atom is -0.481 e. The van der Waals surface area contributed by atoms with Crippen LogP contribution in [0.5, 0.6) is 0 Å². The zero-order valence-electron chi connectivity index (χ0n) is 11.7. The van der Waals surface area contributed by atoms with E-state index in [-0.39, 0.29) is 6.04 Å². The Kier molecular flexibility index (Phi) is 6.16. The molecule has 1 aromatic rings. The van der Waals surface area contributed by atoms with Crippen LogP contribution in [0.4, 0.5) is 0 Å². The third-order valence-corrected chi connectivity index (χ3v) is 4.20. The van der Waals surface area contributed by atoms with Gasteiger partial charge in [0.05, 0.1) is 12.2 Å². The van der Waals surface area contributed by atoms with Gasteiger partial charge in [0.1, 0.15) is 0 Å². The van der Waals surface area contributed by atoms with Gasteiger partial charge in [-0.2, -0.15) is 0 Å². The van der Waals surface area contributed by atoms with Crippen molar-refractivity contribution in [2.24, 2.45) is 5.92 Å². The maximum absolute atomic E-state index is 11.9. The van der Waals surface area contributed by atoms with Crippen LogP contribution >= 0.6 is 0 Å². The molecule has 0 saturated heterocycles. The molecule has 0 radical (unpaired) electrons. The summed E-state index contributed by atoms with van der Waals surface area (Å²) in [5.74, 6) is -1.19. The van der Waals surface area contributed by atoms with E-state index in [0.29, 0.717) is 12.3 Å². The lowest BCUT2D eigenvalue weighted by molar-refractivity contribution is -0.136. The summed E-state index contributed by atoms with van der Waals surface area (Å²) >= 11 is 0. The highest BCUT2D eigenvalue weighted by Crippen LogP contribution is 2.22. The zero-order valence-corrected chi connectivity index (χ0v) is 12.6. The Balaban J connectivity index is 2.82. The van der Waals surface area contributed by atoms with Gasteiger partial charge in [0.15, 0.2) is 0 Å². The quantitative estimate of drug-likeness (QED) is 0.770. The number of carboxylic acids is 1. The Morgan fingerprint density at radius 3 is 2.35 bits per heavy atom. The zero-order chi connectivity index (χ0) is 15.2. The van der Waals surface area contributed by atoms with Crippen molar-refractivity contribution in [1.82, 2.24) is 4.72 Å². The number of nitrogens with one attached hydrogen (secondary N) is 1. The Morgan fingerprint density at radius 2 is 1.85 bits per heavy atom. The van der Waals surface area contributed by atoms with E-state index >= 15 is 0 Å². The molecule has 1 aromatic carbocycles. The molecule has 0 aliphatic heterocycles. The summed E-state index contributed by atoms with van der Waals surface area (Å²) in [6.07, 6.45) is 0.273. The number of sulfonamides is 1.